The summed E-state index contributed by atoms with van der Waals surface area (Å²) in [6.07, 6.45) is 1.52. The van der Waals surface area contributed by atoms with Gasteiger partial charge in [0.25, 0.3) is 0 Å². The number of nitriles is 2. The first-order valence-corrected chi connectivity index (χ1v) is 4.62. The van der Waals surface area contributed by atoms with Crippen molar-refractivity contribution in [2.24, 2.45) is 0 Å². The van der Waals surface area contributed by atoms with Gasteiger partial charge in [0, 0.05) is 17.8 Å². The highest BCUT2D eigenvalue weighted by Gasteiger charge is 2.10. The van der Waals surface area contributed by atoms with Gasteiger partial charge in [-0.2, -0.15) is 10.5 Å². The van der Waals surface area contributed by atoms with Crippen molar-refractivity contribution < 1.29 is 0 Å². The minimum Gasteiger partial charge on any atom is -0.256 e. The largest absolute Gasteiger partial charge is 0.256 e. The predicted octanol–water partition coefficient (Wildman–Crippen LogP) is 2.29. The van der Waals surface area contributed by atoms with E-state index < -0.39 is 0 Å². The van der Waals surface area contributed by atoms with Gasteiger partial charge in [-0.1, -0.05) is 12.1 Å². The van der Waals surface area contributed by atoms with Gasteiger partial charge in [-0.05, 0) is 18.2 Å². The molecule has 1 aromatic carbocycles. The molecule has 0 fully saturated rings. The summed E-state index contributed by atoms with van der Waals surface area (Å²) >= 11 is 0. The molecular weight excluding hydrogens is 198 g/mol. The van der Waals surface area contributed by atoms with Gasteiger partial charge in [0.1, 0.15) is 0 Å². The molecule has 0 saturated heterocycles. The molecule has 0 bridgehead atoms. The van der Waals surface area contributed by atoms with Crippen LogP contribution in [0.2, 0.25) is 0 Å². The molecule has 1 aromatic heterocycles. The van der Waals surface area contributed by atoms with Crippen molar-refractivity contribution in [3.63, 3.8) is 0 Å². The SMILES string of the molecule is N#Cc1cccc(C#N)c1-c1cc[c]cn1. The summed E-state index contributed by atoms with van der Waals surface area (Å²) in [6.45, 7) is 0. The average Bonchev–Trinajstić information content (AvgIpc) is 2.38. The van der Waals surface area contributed by atoms with Gasteiger partial charge in [-0.3, -0.25) is 4.98 Å². The second-order valence-corrected chi connectivity index (χ2v) is 3.10. The fourth-order valence-electron chi connectivity index (χ4n) is 1.48. The molecule has 3 nitrogen and oxygen atoms in total. The number of hydrogen-bond donors (Lipinski definition) is 0. The molecule has 3 heteroatoms. The Bertz CT molecular complexity index is 557. The van der Waals surface area contributed by atoms with Gasteiger partial charge in [0.15, 0.2) is 0 Å². The van der Waals surface area contributed by atoms with Gasteiger partial charge in [-0.15, -0.1) is 0 Å². The van der Waals surface area contributed by atoms with E-state index in [1.165, 1.54) is 6.20 Å². The second kappa shape index (κ2) is 4.25. The summed E-state index contributed by atoms with van der Waals surface area (Å²) in [5, 5.41) is 18.0. The van der Waals surface area contributed by atoms with Gasteiger partial charge in [0.2, 0.25) is 0 Å². The molecule has 2 rings (SSSR count). The lowest BCUT2D eigenvalue weighted by Crippen LogP contribution is -1.91. The first-order valence-electron chi connectivity index (χ1n) is 4.62. The van der Waals surface area contributed by atoms with Crippen molar-refractivity contribution in [2.45, 2.75) is 0 Å². The number of nitrogens with zero attached hydrogens (tertiary/aromatic N) is 3. The molecular formula is C13H6N3. The molecule has 0 aliphatic rings. The third-order valence-corrected chi connectivity index (χ3v) is 2.18. The molecule has 0 amide bonds. The summed E-state index contributed by atoms with van der Waals surface area (Å²) < 4.78 is 0. The lowest BCUT2D eigenvalue weighted by Gasteiger charge is -2.04. The number of rotatable bonds is 1. The van der Waals surface area contributed by atoms with Gasteiger partial charge >= 0.3 is 0 Å². The molecule has 0 atom stereocenters. The Balaban J connectivity index is 2.74. The molecule has 0 spiro atoms. The van der Waals surface area contributed by atoms with Gasteiger partial charge in [-0.25, -0.2) is 0 Å². The van der Waals surface area contributed by atoms with Crippen molar-refractivity contribution >= 4 is 0 Å². The van der Waals surface area contributed by atoms with E-state index in [2.05, 4.69) is 23.2 Å². The zero-order valence-electron chi connectivity index (χ0n) is 8.31. The maximum Gasteiger partial charge on any atom is 0.0999 e. The van der Waals surface area contributed by atoms with E-state index in [-0.39, 0.29) is 0 Å². The normalized spacial score (nSPS) is 9.12. The Morgan fingerprint density at radius 3 is 2.25 bits per heavy atom. The van der Waals surface area contributed by atoms with E-state index >= 15 is 0 Å². The van der Waals surface area contributed by atoms with Crippen LogP contribution >= 0.6 is 0 Å². The molecule has 0 N–H and O–H groups in total. The van der Waals surface area contributed by atoms with Crippen LogP contribution in [0.15, 0.2) is 36.5 Å². The molecule has 73 valence electrons. The van der Waals surface area contributed by atoms with Crippen molar-refractivity contribution in [1.29, 1.82) is 10.5 Å². The van der Waals surface area contributed by atoms with Gasteiger partial charge in [0.05, 0.1) is 29.0 Å². The van der Waals surface area contributed by atoms with Crippen LogP contribution in [0.1, 0.15) is 11.1 Å². The molecule has 0 saturated carbocycles. The van der Waals surface area contributed by atoms with Crippen LogP contribution in [0.3, 0.4) is 0 Å². The summed E-state index contributed by atoms with van der Waals surface area (Å²) in [7, 11) is 0. The van der Waals surface area contributed by atoms with E-state index in [4.69, 9.17) is 10.5 Å². The summed E-state index contributed by atoms with van der Waals surface area (Å²) in [5.74, 6) is 0. The van der Waals surface area contributed by atoms with E-state index in [1.54, 1.807) is 30.3 Å². The third-order valence-electron chi connectivity index (χ3n) is 2.18. The Morgan fingerprint density at radius 2 is 1.75 bits per heavy atom. The van der Waals surface area contributed by atoms with Gasteiger partial charge < -0.3 is 0 Å². The molecule has 0 unspecified atom stereocenters. The lowest BCUT2D eigenvalue weighted by molar-refractivity contribution is 1.30. The van der Waals surface area contributed by atoms with Crippen molar-refractivity contribution in [3.05, 3.63) is 53.7 Å². The maximum atomic E-state index is 9.00. The predicted molar refractivity (Wildman–Crippen MR) is 57.9 cm³/mol. The van der Waals surface area contributed by atoms with Crippen LogP contribution in [0.4, 0.5) is 0 Å². The number of aromatic nitrogens is 1. The molecule has 0 aliphatic heterocycles. The van der Waals surface area contributed by atoms with Crippen LogP contribution < -0.4 is 0 Å². The van der Waals surface area contributed by atoms with Crippen molar-refractivity contribution in [3.8, 4) is 23.4 Å². The molecule has 1 radical (unpaired) electrons. The topological polar surface area (TPSA) is 60.5 Å². The van der Waals surface area contributed by atoms with E-state index in [0.29, 0.717) is 22.4 Å². The minimum absolute atomic E-state index is 0.456. The van der Waals surface area contributed by atoms with Crippen LogP contribution in [0.5, 0.6) is 0 Å². The first kappa shape index (κ1) is 9.89. The zero-order valence-corrected chi connectivity index (χ0v) is 8.31. The molecule has 16 heavy (non-hydrogen) atoms. The molecule has 1 heterocycles. The highest BCUT2D eigenvalue weighted by atomic mass is 14.7. The van der Waals surface area contributed by atoms with E-state index in [0.717, 1.165) is 0 Å². The Labute approximate surface area is 93.2 Å². The fourth-order valence-corrected chi connectivity index (χ4v) is 1.48. The van der Waals surface area contributed by atoms with Crippen molar-refractivity contribution in [2.75, 3.05) is 0 Å². The third kappa shape index (κ3) is 1.63. The van der Waals surface area contributed by atoms with Crippen LogP contribution in [-0.2, 0) is 0 Å². The quantitative estimate of drug-likeness (QED) is 0.716. The van der Waals surface area contributed by atoms with Crippen LogP contribution in [0, 0.1) is 28.7 Å². The standard InChI is InChI=1S/C13H6N3/c14-8-10-4-3-5-11(9-15)13(10)12-6-1-2-7-16-12/h1,3-7H. The fraction of sp³-hybridized carbons (Fsp3) is 0. The first-order chi connectivity index (χ1) is 7.86. The van der Waals surface area contributed by atoms with E-state index in [1.807, 2.05) is 0 Å². The van der Waals surface area contributed by atoms with Crippen LogP contribution in [-0.4, -0.2) is 4.98 Å². The Hall–Kier alpha value is -2.65. The number of pyridine rings is 1. The highest BCUT2D eigenvalue weighted by Crippen LogP contribution is 2.24. The zero-order chi connectivity index (χ0) is 11.4. The summed E-state index contributed by atoms with van der Waals surface area (Å²) in [4.78, 5) is 4.11. The van der Waals surface area contributed by atoms with Crippen LogP contribution in [0.25, 0.3) is 11.3 Å². The monoisotopic (exact) mass is 204 g/mol. The maximum absolute atomic E-state index is 9.00. The average molecular weight is 204 g/mol. The lowest BCUT2D eigenvalue weighted by atomic mass is 9.99. The summed E-state index contributed by atoms with van der Waals surface area (Å²) in [5.41, 5.74) is 2.12. The Kier molecular flexibility index (Phi) is 2.63. The smallest absolute Gasteiger partial charge is 0.0999 e. The molecule has 2 aromatic rings. The molecule has 0 aliphatic carbocycles. The second-order valence-electron chi connectivity index (χ2n) is 3.10. The highest BCUT2D eigenvalue weighted by molar-refractivity contribution is 5.73. The van der Waals surface area contributed by atoms with E-state index in [9.17, 15) is 0 Å². The number of benzene rings is 1. The Morgan fingerprint density at radius 1 is 1.06 bits per heavy atom. The number of hydrogen-bond acceptors (Lipinski definition) is 3. The summed E-state index contributed by atoms with van der Waals surface area (Å²) in [6, 6.07) is 15.4. The van der Waals surface area contributed by atoms with Crippen molar-refractivity contribution in [1.82, 2.24) is 4.98 Å². The minimum atomic E-state index is 0.456.